The quantitative estimate of drug-likeness (QED) is 0.892. The van der Waals surface area contributed by atoms with E-state index in [0.29, 0.717) is 13.1 Å². The second kappa shape index (κ2) is 8.13. The number of hydrogen-bond acceptors (Lipinski definition) is 2. The monoisotopic (exact) mass is 310 g/mol. The first-order chi connectivity index (χ1) is 11.0. The summed E-state index contributed by atoms with van der Waals surface area (Å²) >= 11 is 0. The van der Waals surface area contributed by atoms with E-state index < -0.39 is 0 Å². The molecule has 0 aliphatic heterocycles. The van der Waals surface area contributed by atoms with Crippen molar-refractivity contribution >= 4 is 11.8 Å². The Bertz CT molecular complexity index is 651. The third kappa shape index (κ3) is 5.58. The first-order valence-corrected chi connectivity index (χ1v) is 7.66. The molecule has 4 nitrogen and oxygen atoms in total. The fourth-order valence-electron chi connectivity index (χ4n) is 2.22. The third-order valence-corrected chi connectivity index (χ3v) is 3.61. The summed E-state index contributed by atoms with van der Waals surface area (Å²) in [6, 6.07) is 17.7. The Kier molecular flexibility index (Phi) is 5.92. The molecule has 0 heterocycles. The number of nitrogens with zero attached hydrogens (tertiary/aromatic N) is 1. The number of hydrogen-bond donors (Lipinski definition) is 1. The van der Waals surface area contributed by atoms with Gasteiger partial charge < -0.3 is 10.2 Å². The molecule has 2 aromatic carbocycles. The highest BCUT2D eigenvalue weighted by Gasteiger charge is 2.14. The number of carbonyl (C=O) groups excluding carboxylic acids is 2. The summed E-state index contributed by atoms with van der Waals surface area (Å²) < 4.78 is 0. The topological polar surface area (TPSA) is 49.4 Å². The van der Waals surface area contributed by atoms with Gasteiger partial charge in [0.05, 0.1) is 6.54 Å². The minimum Gasteiger partial charge on any atom is -0.350 e. The minimum absolute atomic E-state index is 0.0655. The SMILES string of the molecule is CC(=O)N(CC(=O)NCc1ccccc1)Cc1ccc(C)cc1. The lowest BCUT2D eigenvalue weighted by atomic mass is 10.1. The maximum absolute atomic E-state index is 12.1. The highest BCUT2D eigenvalue weighted by atomic mass is 16.2. The maximum atomic E-state index is 12.1. The molecule has 0 fully saturated rings. The molecule has 2 amide bonds. The molecule has 0 saturated heterocycles. The van der Waals surface area contributed by atoms with E-state index in [9.17, 15) is 9.59 Å². The zero-order valence-electron chi connectivity index (χ0n) is 13.6. The van der Waals surface area contributed by atoms with Crippen molar-refractivity contribution in [3.8, 4) is 0 Å². The molecule has 0 spiro atoms. The van der Waals surface area contributed by atoms with Crippen LogP contribution in [0.15, 0.2) is 54.6 Å². The van der Waals surface area contributed by atoms with Crippen molar-refractivity contribution < 1.29 is 9.59 Å². The van der Waals surface area contributed by atoms with E-state index in [-0.39, 0.29) is 18.4 Å². The fourth-order valence-corrected chi connectivity index (χ4v) is 2.22. The zero-order valence-corrected chi connectivity index (χ0v) is 13.6. The van der Waals surface area contributed by atoms with Crippen molar-refractivity contribution in [1.82, 2.24) is 10.2 Å². The van der Waals surface area contributed by atoms with Crippen LogP contribution in [0.1, 0.15) is 23.6 Å². The van der Waals surface area contributed by atoms with Gasteiger partial charge in [0.2, 0.25) is 11.8 Å². The average Bonchev–Trinajstić information content (AvgIpc) is 2.55. The maximum Gasteiger partial charge on any atom is 0.239 e. The molecule has 0 unspecified atom stereocenters. The molecule has 0 aromatic heterocycles. The second-order valence-corrected chi connectivity index (χ2v) is 5.62. The van der Waals surface area contributed by atoms with Gasteiger partial charge in [-0.3, -0.25) is 9.59 Å². The van der Waals surface area contributed by atoms with Gasteiger partial charge in [0.1, 0.15) is 0 Å². The van der Waals surface area contributed by atoms with Crippen LogP contribution in [-0.2, 0) is 22.7 Å². The lowest BCUT2D eigenvalue weighted by Crippen LogP contribution is -2.39. The highest BCUT2D eigenvalue weighted by molar-refractivity contribution is 5.83. The molecule has 0 aliphatic carbocycles. The summed E-state index contributed by atoms with van der Waals surface area (Å²) in [5, 5.41) is 2.85. The van der Waals surface area contributed by atoms with Crippen LogP contribution in [0.4, 0.5) is 0 Å². The van der Waals surface area contributed by atoms with E-state index in [1.54, 1.807) is 4.90 Å². The number of nitrogens with one attached hydrogen (secondary N) is 1. The molecule has 0 saturated carbocycles. The lowest BCUT2D eigenvalue weighted by Gasteiger charge is -2.20. The predicted octanol–water partition coefficient (Wildman–Crippen LogP) is 2.66. The Hall–Kier alpha value is -2.62. The molecule has 0 radical (unpaired) electrons. The number of aryl methyl sites for hydroxylation is 1. The van der Waals surface area contributed by atoms with Gasteiger partial charge in [-0.15, -0.1) is 0 Å². The second-order valence-electron chi connectivity index (χ2n) is 5.62. The van der Waals surface area contributed by atoms with Gasteiger partial charge in [-0.1, -0.05) is 60.2 Å². The van der Waals surface area contributed by atoms with Crippen LogP contribution in [0.25, 0.3) is 0 Å². The number of amides is 2. The van der Waals surface area contributed by atoms with Gasteiger partial charge in [0.15, 0.2) is 0 Å². The Balaban J connectivity index is 1.89. The van der Waals surface area contributed by atoms with E-state index in [4.69, 9.17) is 0 Å². The molecule has 4 heteroatoms. The van der Waals surface area contributed by atoms with Gasteiger partial charge in [0.25, 0.3) is 0 Å². The van der Waals surface area contributed by atoms with Crippen LogP contribution >= 0.6 is 0 Å². The van der Waals surface area contributed by atoms with Crippen LogP contribution in [0, 0.1) is 6.92 Å². The van der Waals surface area contributed by atoms with E-state index in [1.807, 2.05) is 61.5 Å². The number of benzene rings is 2. The summed E-state index contributed by atoms with van der Waals surface area (Å²) in [6.07, 6.45) is 0. The molecular weight excluding hydrogens is 288 g/mol. The van der Waals surface area contributed by atoms with E-state index in [1.165, 1.54) is 12.5 Å². The standard InChI is InChI=1S/C19H22N2O2/c1-15-8-10-18(11-9-15)13-21(16(2)22)14-19(23)20-12-17-6-4-3-5-7-17/h3-11H,12-14H2,1-2H3,(H,20,23). The molecular formula is C19H22N2O2. The first kappa shape index (κ1) is 16.7. The molecule has 2 aromatic rings. The van der Waals surface area contributed by atoms with Crippen molar-refractivity contribution in [3.63, 3.8) is 0 Å². The molecule has 0 atom stereocenters. The number of carbonyl (C=O) groups is 2. The van der Waals surface area contributed by atoms with Crippen molar-refractivity contribution in [2.45, 2.75) is 26.9 Å². The van der Waals surface area contributed by atoms with Crippen molar-refractivity contribution in [2.75, 3.05) is 6.54 Å². The van der Waals surface area contributed by atoms with Crippen LogP contribution < -0.4 is 5.32 Å². The molecule has 1 N–H and O–H groups in total. The van der Waals surface area contributed by atoms with E-state index in [2.05, 4.69) is 5.32 Å². The number of rotatable bonds is 6. The summed E-state index contributed by atoms with van der Waals surface area (Å²) in [5.41, 5.74) is 3.22. The van der Waals surface area contributed by atoms with Gasteiger partial charge in [-0.2, -0.15) is 0 Å². The highest BCUT2D eigenvalue weighted by Crippen LogP contribution is 2.07. The van der Waals surface area contributed by atoms with Crippen molar-refractivity contribution in [1.29, 1.82) is 0 Å². The molecule has 23 heavy (non-hydrogen) atoms. The summed E-state index contributed by atoms with van der Waals surface area (Å²) in [5.74, 6) is -0.267. The summed E-state index contributed by atoms with van der Waals surface area (Å²) in [6.45, 7) is 4.47. The van der Waals surface area contributed by atoms with Crippen LogP contribution in [0.5, 0.6) is 0 Å². The largest absolute Gasteiger partial charge is 0.350 e. The Morgan fingerprint density at radius 2 is 1.61 bits per heavy atom. The lowest BCUT2D eigenvalue weighted by molar-refractivity contribution is -0.135. The third-order valence-electron chi connectivity index (χ3n) is 3.61. The summed E-state index contributed by atoms with van der Waals surface area (Å²) in [7, 11) is 0. The molecule has 120 valence electrons. The van der Waals surface area contributed by atoms with Crippen LogP contribution in [0.2, 0.25) is 0 Å². The zero-order chi connectivity index (χ0) is 16.7. The van der Waals surface area contributed by atoms with E-state index in [0.717, 1.165) is 11.1 Å². The minimum atomic E-state index is -0.156. The molecule has 2 rings (SSSR count). The van der Waals surface area contributed by atoms with Gasteiger partial charge in [0, 0.05) is 20.0 Å². The van der Waals surface area contributed by atoms with Crippen molar-refractivity contribution in [2.24, 2.45) is 0 Å². The van der Waals surface area contributed by atoms with Crippen LogP contribution in [0.3, 0.4) is 0 Å². The van der Waals surface area contributed by atoms with Gasteiger partial charge in [-0.25, -0.2) is 0 Å². The van der Waals surface area contributed by atoms with Crippen molar-refractivity contribution in [3.05, 3.63) is 71.3 Å². The smallest absolute Gasteiger partial charge is 0.239 e. The first-order valence-electron chi connectivity index (χ1n) is 7.66. The van der Waals surface area contributed by atoms with Crippen LogP contribution in [-0.4, -0.2) is 23.3 Å². The summed E-state index contributed by atoms with van der Waals surface area (Å²) in [4.78, 5) is 25.4. The van der Waals surface area contributed by atoms with E-state index >= 15 is 0 Å². The molecule has 0 aliphatic rings. The normalized spacial score (nSPS) is 10.2. The van der Waals surface area contributed by atoms with Gasteiger partial charge >= 0.3 is 0 Å². The Morgan fingerprint density at radius 3 is 2.22 bits per heavy atom. The Morgan fingerprint density at radius 1 is 0.957 bits per heavy atom. The fraction of sp³-hybridized carbons (Fsp3) is 0.263. The predicted molar refractivity (Wildman–Crippen MR) is 90.6 cm³/mol. The van der Waals surface area contributed by atoms with Gasteiger partial charge in [-0.05, 0) is 18.1 Å². The average molecular weight is 310 g/mol. The Labute approximate surface area is 137 Å². The molecule has 0 bridgehead atoms.